The Morgan fingerprint density at radius 2 is 1.87 bits per heavy atom. The molecule has 0 fully saturated rings. The van der Waals surface area contributed by atoms with Gasteiger partial charge in [-0.25, -0.2) is 4.39 Å². The minimum atomic E-state index is -0.277. The van der Waals surface area contributed by atoms with Gasteiger partial charge in [0.05, 0.1) is 12.2 Å². The van der Waals surface area contributed by atoms with Crippen LogP contribution in [0.2, 0.25) is 0 Å². The van der Waals surface area contributed by atoms with Crippen LogP contribution in [-0.2, 0) is 17.8 Å². The minimum absolute atomic E-state index is 0.152. The number of hydrogen-bond acceptors (Lipinski definition) is 3. The molecule has 6 heteroatoms. The Bertz CT molecular complexity index is 686. The molecule has 0 radical (unpaired) electrons. The number of benzene rings is 1. The summed E-state index contributed by atoms with van der Waals surface area (Å²) in [5.41, 5.74) is 2.05. The Labute approximate surface area is 133 Å². The zero-order valence-corrected chi connectivity index (χ0v) is 12.8. The number of nitrogens with one attached hydrogen (secondary N) is 2. The summed E-state index contributed by atoms with van der Waals surface area (Å²) in [5, 5.41) is 5.44. The van der Waals surface area contributed by atoms with Gasteiger partial charge in [0, 0.05) is 25.2 Å². The molecule has 2 amide bonds. The van der Waals surface area contributed by atoms with E-state index in [2.05, 4.69) is 15.6 Å². The van der Waals surface area contributed by atoms with Crippen molar-refractivity contribution in [2.75, 3.05) is 6.54 Å². The van der Waals surface area contributed by atoms with Gasteiger partial charge in [-0.1, -0.05) is 12.1 Å². The number of carbonyl (C=O) groups excluding carboxylic acids is 2. The summed E-state index contributed by atoms with van der Waals surface area (Å²) in [5.74, 6) is -0.638. The van der Waals surface area contributed by atoms with E-state index in [1.54, 1.807) is 24.3 Å². The van der Waals surface area contributed by atoms with Crippen molar-refractivity contribution in [1.82, 2.24) is 15.6 Å². The van der Waals surface area contributed by atoms with Crippen molar-refractivity contribution in [3.05, 3.63) is 65.2 Å². The zero-order chi connectivity index (χ0) is 16.7. The van der Waals surface area contributed by atoms with Gasteiger partial charge in [0.2, 0.25) is 5.91 Å². The first kappa shape index (κ1) is 16.6. The molecule has 0 aliphatic rings. The maximum atomic E-state index is 12.8. The van der Waals surface area contributed by atoms with Gasteiger partial charge in [-0.3, -0.25) is 14.6 Å². The van der Waals surface area contributed by atoms with Gasteiger partial charge in [-0.05, 0) is 36.2 Å². The van der Waals surface area contributed by atoms with E-state index in [0.717, 1.165) is 5.56 Å². The second-order valence-corrected chi connectivity index (χ2v) is 5.08. The van der Waals surface area contributed by atoms with Crippen LogP contribution in [0.1, 0.15) is 28.5 Å². The van der Waals surface area contributed by atoms with E-state index in [9.17, 15) is 14.0 Å². The molecule has 0 saturated carbocycles. The number of amides is 2. The molecule has 0 bridgehead atoms. The molecule has 1 heterocycles. The van der Waals surface area contributed by atoms with Gasteiger partial charge in [-0.2, -0.15) is 0 Å². The van der Waals surface area contributed by atoms with Crippen LogP contribution in [0.3, 0.4) is 0 Å². The fourth-order valence-electron chi connectivity index (χ4n) is 2.00. The van der Waals surface area contributed by atoms with Gasteiger partial charge < -0.3 is 10.6 Å². The van der Waals surface area contributed by atoms with Crippen molar-refractivity contribution >= 4 is 11.8 Å². The Kier molecular flexibility index (Phi) is 5.80. The average molecular weight is 315 g/mol. The van der Waals surface area contributed by atoms with Crippen LogP contribution in [-0.4, -0.2) is 23.3 Å². The quantitative estimate of drug-likeness (QED) is 0.854. The number of pyridine rings is 1. The molecule has 0 spiro atoms. The molecule has 1 aromatic carbocycles. The number of aromatic nitrogens is 1. The van der Waals surface area contributed by atoms with Crippen LogP contribution in [0.15, 0.2) is 42.6 Å². The highest BCUT2D eigenvalue weighted by Gasteiger charge is 2.07. The smallest absolute Gasteiger partial charge is 0.251 e. The first-order chi connectivity index (χ1) is 11.0. The highest BCUT2D eigenvalue weighted by Crippen LogP contribution is 2.04. The summed E-state index contributed by atoms with van der Waals surface area (Å²) >= 11 is 0. The van der Waals surface area contributed by atoms with Crippen molar-refractivity contribution in [2.24, 2.45) is 0 Å². The number of nitrogens with zero attached hydrogens (tertiary/aromatic N) is 1. The third-order valence-corrected chi connectivity index (χ3v) is 3.21. The maximum absolute atomic E-state index is 12.8. The van der Waals surface area contributed by atoms with Crippen LogP contribution >= 0.6 is 0 Å². The second kappa shape index (κ2) is 8.03. The van der Waals surface area contributed by atoms with E-state index >= 15 is 0 Å². The fourth-order valence-corrected chi connectivity index (χ4v) is 2.00. The molecular weight excluding hydrogens is 297 g/mol. The van der Waals surface area contributed by atoms with Crippen LogP contribution in [0.4, 0.5) is 4.39 Å². The Balaban J connectivity index is 1.86. The van der Waals surface area contributed by atoms with Crippen molar-refractivity contribution in [2.45, 2.75) is 19.9 Å². The molecular formula is C17H18FN3O2. The third kappa shape index (κ3) is 5.50. The first-order valence-electron chi connectivity index (χ1n) is 7.26. The highest BCUT2D eigenvalue weighted by atomic mass is 19.1. The van der Waals surface area contributed by atoms with Crippen molar-refractivity contribution in [3.63, 3.8) is 0 Å². The summed E-state index contributed by atoms with van der Waals surface area (Å²) in [7, 11) is 0. The Morgan fingerprint density at radius 3 is 2.57 bits per heavy atom. The predicted molar refractivity (Wildman–Crippen MR) is 84.2 cm³/mol. The summed E-state index contributed by atoms with van der Waals surface area (Å²) < 4.78 is 12.8. The SMILES string of the molecule is CC(=O)NCc1cc(C(=O)NCCc2ccc(F)cc2)ccn1. The molecule has 0 atom stereocenters. The van der Waals surface area contributed by atoms with Crippen LogP contribution in [0, 0.1) is 5.82 Å². The maximum Gasteiger partial charge on any atom is 0.251 e. The van der Waals surface area contributed by atoms with E-state index < -0.39 is 0 Å². The largest absolute Gasteiger partial charge is 0.352 e. The lowest BCUT2D eigenvalue weighted by atomic mass is 10.1. The van der Waals surface area contributed by atoms with E-state index in [1.165, 1.54) is 25.3 Å². The third-order valence-electron chi connectivity index (χ3n) is 3.21. The van der Waals surface area contributed by atoms with E-state index in [-0.39, 0.29) is 24.2 Å². The molecule has 0 saturated heterocycles. The predicted octanol–water partition coefficient (Wildman–Crippen LogP) is 1.83. The van der Waals surface area contributed by atoms with Gasteiger partial charge in [0.1, 0.15) is 5.82 Å². The van der Waals surface area contributed by atoms with Gasteiger partial charge in [0.25, 0.3) is 5.91 Å². The summed E-state index contributed by atoms with van der Waals surface area (Å²) in [6.07, 6.45) is 2.15. The lowest BCUT2D eigenvalue weighted by Gasteiger charge is -2.07. The van der Waals surface area contributed by atoms with Crippen molar-refractivity contribution in [3.8, 4) is 0 Å². The molecule has 120 valence electrons. The molecule has 2 rings (SSSR count). The van der Waals surface area contributed by atoms with Crippen molar-refractivity contribution in [1.29, 1.82) is 0 Å². The molecule has 2 aromatic rings. The van der Waals surface area contributed by atoms with Gasteiger partial charge in [-0.15, -0.1) is 0 Å². The molecule has 23 heavy (non-hydrogen) atoms. The topological polar surface area (TPSA) is 71.1 Å². The molecule has 1 aromatic heterocycles. The monoisotopic (exact) mass is 315 g/mol. The summed E-state index contributed by atoms with van der Waals surface area (Å²) in [4.78, 5) is 27.1. The Morgan fingerprint density at radius 1 is 1.13 bits per heavy atom. The second-order valence-electron chi connectivity index (χ2n) is 5.08. The molecule has 0 aliphatic carbocycles. The highest BCUT2D eigenvalue weighted by molar-refractivity contribution is 5.94. The molecule has 0 aliphatic heterocycles. The normalized spacial score (nSPS) is 10.2. The van der Waals surface area contributed by atoms with Crippen LogP contribution in [0.5, 0.6) is 0 Å². The van der Waals surface area contributed by atoms with Gasteiger partial charge in [0.15, 0.2) is 0 Å². The van der Waals surface area contributed by atoms with Gasteiger partial charge >= 0.3 is 0 Å². The van der Waals surface area contributed by atoms with E-state index in [0.29, 0.717) is 24.2 Å². The summed E-state index contributed by atoms with van der Waals surface area (Å²) in [6, 6.07) is 9.44. The van der Waals surface area contributed by atoms with Crippen LogP contribution < -0.4 is 10.6 Å². The Hall–Kier alpha value is -2.76. The average Bonchev–Trinajstić information content (AvgIpc) is 2.55. The van der Waals surface area contributed by atoms with E-state index in [4.69, 9.17) is 0 Å². The number of hydrogen-bond donors (Lipinski definition) is 2. The standard InChI is InChI=1S/C17H18FN3O2/c1-12(22)21-11-16-10-14(7-9-19-16)17(23)20-8-6-13-2-4-15(18)5-3-13/h2-5,7,9-10H,6,8,11H2,1H3,(H,20,23)(H,21,22). The molecule has 2 N–H and O–H groups in total. The zero-order valence-electron chi connectivity index (χ0n) is 12.8. The first-order valence-corrected chi connectivity index (χ1v) is 7.26. The lowest BCUT2D eigenvalue weighted by molar-refractivity contribution is -0.119. The summed E-state index contributed by atoms with van der Waals surface area (Å²) in [6.45, 7) is 2.16. The number of halogens is 1. The minimum Gasteiger partial charge on any atom is -0.352 e. The molecule has 0 unspecified atom stereocenters. The number of rotatable bonds is 6. The molecule has 5 nitrogen and oxygen atoms in total. The lowest BCUT2D eigenvalue weighted by Crippen LogP contribution is -2.26. The fraction of sp³-hybridized carbons (Fsp3) is 0.235. The van der Waals surface area contributed by atoms with E-state index in [1.807, 2.05) is 0 Å². The van der Waals surface area contributed by atoms with Crippen LogP contribution in [0.25, 0.3) is 0 Å². The van der Waals surface area contributed by atoms with Crippen molar-refractivity contribution < 1.29 is 14.0 Å². The number of carbonyl (C=O) groups is 2.